The second kappa shape index (κ2) is 9.84. The largest absolute Gasteiger partial charge is 0.355 e. The van der Waals surface area contributed by atoms with Crippen LogP contribution in [0.2, 0.25) is 5.02 Å². The molecule has 4 heterocycles. The summed E-state index contributed by atoms with van der Waals surface area (Å²) in [5.74, 6) is 0.553. The number of fused-ring (bicyclic) bond motifs is 1. The van der Waals surface area contributed by atoms with E-state index in [0.29, 0.717) is 23.8 Å². The molecule has 2 atom stereocenters. The zero-order chi connectivity index (χ0) is 26.3. The van der Waals surface area contributed by atoms with E-state index in [0.717, 1.165) is 55.6 Å². The molecule has 0 aliphatic carbocycles. The summed E-state index contributed by atoms with van der Waals surface area (Å²) in [6, 6.07) is 8.51. The van der Waals surface area contributed by atoms with Gasteiger partial charge in [-0.25, -0.2) is 17.9 Å². The number of likely N-dealkylation sites (tertiary alicyclic amines) is 1. The summed E-state index contributed by atoms with van der Waals surface area (Å²) < 4.78 is 28.0. The van der Waals surface area contributed by atoms with Gasteiger partial charge in [0.1, 0.15) is 5.82 Å². The summed E-state index contributed by atoms with van der Waals surface area (Å²) in [6.45, 7) is 3.95. The zero-order valence-corrected chi connectivity index (χ0v) is 22.3. The Morgan fingerprint density at radius 2 is 2.03 bits per heavy atom. The molecule has 1 N–H and O–H groups in total. The summed E-state index contributed by atoms with van der Waals surface area (Å²) in [4.78, 5) is 22.5. The number of aromatic nitrogens is 3. The lowest BCUT2D eigenvalue weighted by atomic mass is 9.98. The summed E-state index contributed by atoms with van der Waals surface area (Å²) >= 11 is 6.19. The summed E-state index contributed by atoms with van der Waals surface area (Å²) in [5, 5.41) is 14.4. The van der Waals surface area contributed by atoms with E-state index in [1.165, 1.54) is 12.1 Å². The van der Waals surface area contributed by atoms with Crippen molar-refractivity contribution in [2.24, 2.45) is 5.92 Å². The third-order valence-electron chi connectivity index (χ3n) is 6.91. The van der Waals surface area contributed by atoms with Crippen molar-refractivity contribution >= 4 is 44.7 Å². The molecule has 0 bridgehead atoms. The highest BCUT2D eigenvalue weighted by molar-refractivity contribution is 7.92. The number of carbonyl (C=O) groups is 1. The lowest BCUT2D eigenvalue weighted by molar-refractivity contribution is 0.0607. The van der Waals surface area contributed by atoms with Crippen molar-refractivity contribution in [1.29, 1.82) is 5.26 Å². The summed E-state index contributed by atoms with van der Waals surface area (Å²) in [5.41, 5.74) is 2.77. The van der Waals surface area contributed by atoms with Crippen LogP contribution in [0.3, 0.4) is 0 Å². The van der Waals surface area contributed by atoms with Crippen molar-refractivity contribution in [1.82, 2.24) is 19.5 Å². The van der Waals surface area contributed by atoms with Crippen LogP contribution in [0.5, 0.6) is 0 Å². The lowest BCUT2D eigenvalue weighted by Gasteiger charge is -2.35. The first-order chi connectivity index (χ1) is 17.6. The molecule has 37 heavy (non-hydrogen) atoms. The van der Waals surface area contributed by atoms with Crippen molar-refractivity contribution < 1.29 is 13.2 Å². The number of benzene rings is 1. The monoisotopic (exact) mass is 541 g/mol. The smallest absolute Gasteiger partial charge is 0.256 e. The minimum atomic E-state index is -3.59. The number of carbonyl (C=O) groups excluding carboxylic acids is 1. The Hall–Kier alpha value is -3.36. The Balaban J connectivity index is 1.48. The van der Waals surface area contributed by atoms with Gasteiger partial charge in [0.05, 0.1) is 41.2 Å². The molecule has 2 fully saturated rings. The summed E-state index contributed by atoms with van der Waals surface area (Å²) in [7, 11) is -3.59. The van der Waals surface area contributed by atoms with Gasteiger partial charge in [-0.1, -0.05) is 11.6 Å². The van der Waals surface area contributed by atoms with Gasteiger partial charge in [-0.05, 0) is 50.8 Å². The predicted molar refractivity (Wildman–Crippen MR) is 141 cm³/mol. The third-order valence-corrected chi connectivity index (χ3v) is 7.73. The number of piperidine rings is 1. The number of sulfonamides is 1. The number of anilines is 2. The summed E-state index contributed by atoms with van der Waals surface area (Å²) in [6.07, 6.45) is 6.30. The molecular weight excluding hydrogens is 514 g/mol. The van der Waals surface area contributed by atoms with E-state index in [4.69, 9.17) is 21.7 Å². The minimum Gasteiger partial charge on any atom is -0.355 e. The SMILES string of the molecule is Cc1cn2nc([C@@H]3CCCCN3C(=O)c3cc(Cl)ccc3NS(C)(=O)=O)cc2nc1N1CC[C@@H](C#N)C1. The zero-order valence-electron chi connectivity index (χ0n) is 20.7. The molecule has 1 amide bonds. The maximum atomic E-state index is 13.7. The van der Waals surface area contributed by atoms with Crippen LogP contribution in [0, 0.1) is 24.2 Å². The molecular formula is C25H28ClN7O3S. The van der Waals surface area contributed by atoms with Gasteiger partial charge in [0, 0.05) is 42.5 Å². The minimum absolute atomic E-state index is 0.00766. The van der Waals surface area contributed by atoms with Crippen molar-refractivity contribution in [3.63, 3.8) is 0 Å². The molecule has 2 saturated heterocycles. The number of halogens is 1. The van der Waals surface area contributed by atoms with Crippen LogP contribution < -0.4 is 9.62 Å². The van der Waals surface area contributed by atoms with E-state index in [2.05, 4.69) is 15.7 Å². The van der Waals surface area contributed by atoms with E-state index in [-0.39, 0.29) is 29.1 Å². The van der Waals surface area contributed by atoms with Gasteiger partial charge in [-0.3, -0.25) is 9.52 Å². The van der Waals surface area contributed by atoms with Crippen LogP contribution >= 0.6 is 11.6 Å². The first kappa shape index (κ1) is 25.3. The maximum absolute atomic E-state index is 13.7. The fourth-order valence-electron chi connectivity index (χ4n) is 5.18. The van der Waals surface area contributed by atoms with E-state index >= 15 is 0 Å². The van der Waals surface area contributed by atoms with E-state index < -0.39 is 10.0 Å². The van der Waals surface area contributed by atoms with Gasteiger partial charge in [0.2, 0.25) is 10.0 Å². The molecule has 2 aliphatic rings. The average Bonchev–Trinajstić information content (AvgIpc) is 3.50. The van der Waals surface area contributed by atoms with Crippen molar-refractivity contribution in [2.75, 3.05) is 35.5 Å². The van der Waals surface area contributed by atoms with Gasteiger partial charge >= 0.3 is 0 Å². The standard InChI is InChI=1S/C25H28ClN7O3S/c1-16-14-33-23(28-24(16)31-10-8-17(13-27)15-31)12-21(29-33)22-5-3-4-9-32(22)25(34)19-11-18(26)6-7-20(19)30-37(2,35)36/h6-7,11-12,14,17,22,30H,3-5,8-10,15H2,1-2H3/t17-,22-/m0/s1. The van der Waals surface area contributed by atoms with Crippen molar-refractivity contribution in [2.45, 2.75) is 38.6 Å². The molecule has 0 unspecified atom stereocenters. The first-order valence-electron chi connectivity index (χ1n) is 12.2. The Morgan fingerprint density at radius 1 is 1.22 bits per heavy atom. The Kier molecular flexibility index (Phi) is 6.72. The fourth-order valence-corrected chi connectivity index (χ4v) is 5.93. The van der Waals surface area contributed by atoms with Crippen LogP contribution in [0.25, 0.3) is 5.65 Å². The molecule has 0 saturated carbocycles. The second-order valence-electron chi connectivity index (χ2n) is 9.75. The fraction of sp³-hybridized carbons (Fsp3) is 0.440. The second-order valence-corrected chi connectivity index (χ2v) is 11.9. The quantitative estimate of drug-likeness (QED) is 0.521. The number of rotatable bonds is 5. The maximum Gasteiger partial charge on any atom is 0.256 e. The number of nitrogens with one attached hydrogen (secondary N) is 1. The lowest BCUT2D eigenvalue weighted by Crippen LogP contribution is -2.39. The van der Waals surface area contributed by atoms with Crippen LogP contribution in [-0.4, -0.2) is 59.7 Å². The number of nitrogens with zero attached hydrogens (tertiary/aromatic N) is 6. The Labute approximate surface area is 220 Å². The molecule has 0 spiro atoms. The highest BCUT2D eigenvalue weighted by atomic mass is 35.5. The molecule has 2 aliphatic heterocycles. The van der Waals surface area contributed by atoms with E-state index in [1.54, 1.807) is 15.5 Å². The number of aryl methyl sites for hydroxylation is 1. The van der Waals surface area contributed by atoms with Crippen LogP contribution in [0.15, 0.2) is 30.5 Å². The van der Waals surface area contributed by atoms with Gasteiger partial charge < -0.3 is 9.80 Å². The van der Waals surface area contributed by atoms with Crippen LogP contribution in [0.4, 0.5) is 11.5 Å². The van der Waals surface area contributed by atoms with Crippen molar-refractivity contribution in [3.8, 4) is 6.07 Å². The molecule has 1 aromatic carbocycles. The van der Waals surface area contributed by atoms with E-state index in [1.807, 2.05) is 19.2 Å². The number of nitriles is 1. The Morgan fingerprint density at radius 3 is 2.76 bits per heavy atom. The van der Waals surface area contributed by atoms with Gasteiger partial charge in [-0.15, -0.1) is 0 Å². The molecule has 10 nitrogen and oxygen atoms in total. The van der Waals surface area contributed by atoms with Gasteiger partial charge in [0.25, 0.3) is 5.91 Å². The van der Waals surface area contributed by atoms with Gasteiger partial charge in [-0.2, -0.15) is 10.4 Å². The third kappa shape index (κ3) is 5.22. The first-order valence-corrected chi connectivity index (χ1v) is 14.5. The van der Waals surface area contributed by atoms with Crippen LogP contribution in [0.1, 0.15) is 53.3 Å². The normalized spacial score (nSPS) is 20.3. The molecule has 194 valence electrons. The molecule has 12 heteroatoms. The van der Waals surface area contributed by atoms with Crippen molar-refractivity contribution in [3.05, 3.63) is 52.3 Å². The molecule has 3 aromatic rings. The number of amides is 1. The number of hydrogen-bond acceptors (Lipinski definition) is 7. The predicted octanol–water partition coefficient (Wildman–Crippen LogP) is 3.78. The van der Waals surface area contributed by atoms with E-state index in [9.17, 15) is 18.5 Å². The molecule has 0 radical (unpaired) electrons. The topological polar surface area (TPSA) is 124 Å². The average molecular weight is 542 g/mol. The number of hydrogen-bond donors (Lipinski definition) is 1. The highest BCUT2D eigenvalue weighted by Crippen LogP contribution is 2.34. The molecule has 2 aromatic heterocycles. The Bertz CT molecular complexity index is 1510. The molecule has 5 rings (SSSR count). The van der Waals surface area contributed by atoms with Crippen LogP contribution in [-0.2, 0) is 10.0 Å². The highest BCUT2D eigenvalue weighted by Gasteiger charge is 2.32. The van der Waals surface area contributed by atoms with Gasteiger partial charge in [0.15, 0.2) is 5.65 Å².